The van der Waals surface area contributed by atoms with E-state index in [4.69, 9.17) is 9.90 Å². The van der Waals surface area contributed by atoms with Crippen LogP contribution in [0.1, 0.15) is 60.3 Å². The van der Waals surface area contributed by atoms with E-state index in [9.17, 15) is 29.4 Å². The lowest BCUT2D eigenvalue weighted by atomic mass is 10.00. The van der Waals surface area contributed by atoms with Crippen molar-refractivity contribution in [3.05, 3.63) is 0 Å². The predicted molar refractivity (Wildman–Crippen MR) is 145 cm³/mol. The van der Waals surface area contributed by atoms with Crippen molar-refractivity contribution in [2.75, 3.05) is 72.0 Å². The molecule has 12 nitrogen and oxygen atoms in total. The number of aliphatic carboxylic acids is 2. The Morgan fingerprint density at radius 1 is 0.763 bits per heavy atom. The van der Waals surface area contributed by atoms with Crippen LogP contribution in [0.5, 0.6) is 0 Å². The summed E-state index contributed by atoms with van der Waals surface area (Å²) < 4.78 is 0. The number of nitrogens with zero attached hydrogens (tertiary/aromatic N) is 4. The number of likely N-dealkylation sites (N-methyl/N-ethyl adjacent to an activating group) is 1. The van der Waals surface area contributed by atoms with Crippen molar-refractivity contribution in [2.24, 2.45) is 0 Å². The van der Waals surface area contributed by atoms with Crippen molar-refractivity contribution < 1.29 is 39.3 Å². The molecule has 1 atom stereocenters. The molecule has 0 amide bonds. The van der Waals surface area contributed by atoms with Crippen LogP contribution >= 0.6 is 0 Å². The van der Waals surface area contributed by atoms with Gasteiger partial charge >= 0.3 is 11.9 Å². The van der Waals surface area contributed by atoms with Gasteiger partial charge in [0.2, 0.25) is 0 Å². The Kier molecular flexibility index (Phi) is 23.5. The number of ketones is 2. The second kappa shape index (κ2) is 23.7. The summed E-state index contributed by atoms with van der Waals surface area (Å²) >= 11 is 0. The van der Waals surface area contributed by atoms with Gasteiger partial charge in [-0.3, -0.25) is 33.9 Å². The highest BCUT2D eigenvalue weighted by Gasteiger charge is 2.27. The van der Waals surface area contributed by atoms with Gasteiger partial charge < -0.3 is 25.0 Å². The Bertz CT molecular complexity index is 692. The highest BCUT2D eigenvalue weighted by Crippen LogP contribution is 2.14. The number of carboxylic acids is 2. The van der Waals surface area contributed by atoms with E-state index in [2.05, 4.69) is 16.7 Å². The van der Waals surface area contributed by atoms with Crippen LogP contribution in [0.4, 0.5) is 0 Å². The number of hydrogen-bond acceptors (Lipinski definition) is 9. The van der Waals surface area contributed by atoms with Crippen molar-refractivity contribution >= 4 is 30.0 Å². The van der Waals surface area contributed by atoms with Gasteiger partial charge in [-0.15, -0.1) is 0 Å². The topological polar surface area (TPSA) is 159 Å². The first kappa shape index (κ1) is 37.7. The predicted octanol–water partition coefficient (Wildman–Crippen LogP) is 1.23. The Morgan fingerprint density at radius 2 is 1.16 bits per heavy atom. The van der Waals surface area contributed by atoms with Crippen LogP contribution in [0.15, 0.2) is 0 Å². The van der Waals surface area contributed by atoms with E-state index in [1.165, 1.54) is 6.92 Å². The lowest BCUT2D eigenvalue weighted by molar-refractivity contribution is -0.140. The fraction of sp³-hybridized carbons (Fsp3) is 0.808. The minimum absolute atomic E-state index is 0.0554. The molecular formula is C26H50N4O8. The second-order valence-electron chi connectivity index (χ2n) is 8.89. The maximum absolute atomic E-state index is 12.9. The molecule has 1 aliphatic rings. The molecule has 0 spiro atoms. The average Bonchev–Trinajstić information content (AvgIpc) is 2.84. The molecular weight excluding hydrogens is 496 g/mol. The lowest BCUT2D eigenvalue weighted by Gasteiger charge is -2.36. The van der Waals surface area contributed by atoms with Gasteiger partial charge in [-0.1, -0.05) is 27.7 Å². The maximum atomic E-state index is 12.9. The second-order valence-corrected chi connectivity index (χ2v) is 8.89. The molecule has 0 aliphatic carbocycles. The fourth-order valence-corrected chi connectivity index (χ4v) is 4.18. The number of carbonyl (C=O) groups excluding carboxylic acids is 2. The molecule has 0 saturated carbocycles. The molecule has 1 unspecified atom stereocenters. The van der Waals surface area contributed by atoms with Gasteiger partial charge in [-0.05, 0) is 26.3 Å². The molecule has 0 aromatic heterocycles. The normalized spacial score (nSPS) is 17.3. The number of Topliss-reactive ketones (excluding diaryl/α,β-unsaturated/α-hetero) is 2. The summed E-state index contributed by atoms with van der Waals surface area (Å²) in [6.45, 7) is 14.4. The molecule has 0 aromatic rings. The quantitative estimate of drug-likeness (QED) is 0.301. The van der Waals surface area contributed by atoms with Gasteiger partial charge in [-0.2, -0.15) is 0 Å². The van der Waals surface area contributed by atoms with Crippen molar-refractivity contribution in [1.82, 2.24) is 19.6 Å². The van der Waals surface area contributed by atoms with Crippen LogP contribution in [-0.4, -0.2) is 143 Å². The van der Waals surface area contributed by atoms with Gasteiger partial charge in [-0.25, -0.2) is 0 Å². The molecule has 1 aliphatic heterocycles. The summed E-state index contributed by atoms with van der Waals surface area (Å²) in [4.78, 5) is 63.6. The first-order valence-electron chi connectivity index (χ1n) is 13.5. The maximum Gasteiger partial charge on any atom is 0.317 e. The van der Waals surface area contributed by atoms with Gasteiger partial charge in [0.15, 0.2) is 0 Å². The molecule has 12 heteroatoms. The van der Waals surface area contributed by atoms with E-state index >= 15 is 0 Å². The van der Waals surface area contributed by atoms with Gasteiger partial charge in [0.25, 0.3) is 6.47 Å². The first-order chi connectivity index (χ1) is 18.1. The molecule has 38 heavy (non-hydrogen) atoms. The number of rotatable bonds is 12. The molecule has 1 fully saturated rings. The van der Waals surface area contributed by atoms with Crippen molar-refractivity contribution in [3.63, 3.8) is 0 Å². The van der Waals surface area contributed by atoms with E-state index in [1.807, 2.05) is 25.7 Å². The van der Waals surface area contributed by atoms with Crippen LogP contribution in [0.3, 0.4) is 0 Å². The first-order valence-corrected chi connectivity index (χ1v) is 13.5. The van der Waals surface area contributed by atoms with Gasteiger partial charge in [0.05, 0.1) is 19.1 Å². The third kappa shape index (κ3) is 18.8. The lowest BCUT2D eigenvalue weighted by Crippen LogP contribution is -2.51. The number of carbonyl (C=O) groups is 5. The number of carboxylic acid groups (broad SMARTS) is 3. The SMILES string of the molecule is CC.CCCC(=O)C(CCC(C)=O)N1CCN(CC)CCN(CC(=O)O)CCN(CC(=O)O)CC1.O=CO. The van der Waals surface area contributed by atoms with Crippen molar-refractivity contribution in [1.29, 1.82) is 0 Å². The van der Waals surface area contributed by atoms with E-state index < -0.39 is 11.9 Å². The Balaban J connectivity index is 0. The molecule has 222 valence electrons. The third-order valence-corrected chi connectivity index (χ3v) is 6.12. The minimum atomic E-state index is -0.939. The third-order valence-electron chi connectivity index (χ3n) is 6.12. The largest absolute Gasteiger partial charge is 0.483 e. The summed E-state index contributed by atoms with van der Waals surface area (Å²) in [6.07, 6.45) is 2.02. The molecule has 0 bridgehead atoms. The van der Waals surface area contributed by atoms with Crippen molar-refractivity contribution in [3.8, 4) is 0 Å². The highest BCUT2D eigenvalue weighted by atomic mass is 16.4. The van der Waals surface area contributed by atoms with E-state index in [-0.39, 0.29) is 37.2 Å². The molecule has 0 radical (unpaired) electrons. The zero-order chi connectivity index (χ0) is 29.5. The summed E-state index contributed by atoms with van der Waals surface area (Å²) in [5.74, 6) is -1.65. The molecule has 1 rings (SSSR count). The zero-order valence-corrected chi connectivity index (χ0v) is 23.9. The average molecular weight is 547 g/mol. The fourth-order valence-electron chi connectivity index (χ4n) is 4.18. The van der Waals surface area contributed by atoms with E-state index in [1.54, 1.807) is 4.90 Å². The standard InChI is InChI=1S/C23H42N4O6.C2H6.CH2O2/c1-4-6-21(29)20(8-7-19(3)28)27-15-13-24(5-2)9-10-25(17-22(30)31)11-12-26(14-16-27)18-23(32)33;1-2;2-1-3/h20H,4-18H2,1-3H3,(H,30,31)(H,32,33);1-2H3;1H,(H,2,3). The molecule has 1 saturated heterocycles. The van der Waals surface area contributed by atoms with Gasteiger partial charge in [0, 0.05) is 65.2 Å². The van der Waals surface area contributed by atoms with Crippen molar-refractivity contribution in [2.45, 2.75) is 66.3 Å². The highest BCUT2D eigenvalue weighted by molar-refractivity contribution is 5.85. The summed E-state index contributed by atoms with van der Waals surface area (Å²) in [6, 6.07) is -0.356. The van der Waals surface area contributed by atoms with Crippen LogP contribution in [0.2, 0.25) is 0 Å². The van der Waals surface area contributed by atoms with Crippen LogP contribution in [-0.2, 0) is 24.0 Å². The van der Waals surface area contributed by atoms with E-state index in [0.717, 1.165) is 13.0 Å². The summed E-state index contributed by atoms with van der Waals surface area (Å²) in [5.41, 5.74) is 0. The molecule has 1 heterocycles. The smallest absolute Gasteiger partial charge is 0.317 e. The van der Waals surface area contributed by atoms with Gasteiger partial charge in [0.1, 0.15) is 11.6 Å². The Morgan fingerprint density at radius 3 is 1.53 bits per heavy atom. The zero-order valence-electron chi connectivity index (χ0n) is 23.9. The Labute approximate surface area is 227 Å². The Hall–Kier alpha value is -2.41. The van der Waals surface area contributed by atoms with Crippen LogP contribution in [0, 0.1) is 0 Å². The monoisotopic (exact) mass is 546 g/mol. The summed E-state index contributed by atoms with van der Waals surface area (Å²) in [5, 5.41) is 25.5. The van der Waals surface area contributed by atoms with Crippen LogP contribution in [0.25, 0.3) is 0 Å². The molecule has 3 N–H and O–H groups in total. The van der Waals surface area contributed by atoms with Crippen LogP contribution < -0.4 is 0 Å². The van der Waals surface area contributed by atoms with E-state index in [0.29, 0.717) is 71.6 Å². The molecule has 0 aromatic carbocycles. The summed E-state index contributed by atoms with van der Waals surface area (Å²) in [7, 11) is 0. The number of hydrogen-bond donors (Lipinski definition) is 3. The minimum Gasteiger partial charge on any atom is -0.483 e.